The summed E-state index contributed by atoms with van der Waals surface area (Å²) in [7, 11) is 4.55. The maximum absolute atomic E-state index is 12.4. The molecule has 0 bridgehead atoms. The van der Waals surface area contributed by atoms with E-state index in [1.54, 1.807) is 13.2 Å². The largest absolute Gasteiger partial charge is 0.507 e. The summed E-state index contributed by atoms with van der Waals surface area (Å²) in [5.41, 5.74) is 1.20. The van der Waals surface area contributed by atoms with Crippen molar-refractivity contribution in [1.29, 1.82) is 0 Å². The van der Waals surface area contributed by atoms with Gasteiger partial charge in [0.25, 0.3) is 0 Å². The first-order valence-corrected chi connectivity index (χ1v) is 7.20. The topological polar surface area (TPSA) is 65.0 Å². The van der Waals surface area contributed by atoms with Crippen molar-refractivity contribution >= 4 is 5.78 Å². The van der Waals surface area contributed by atoms with E-state index in [0.717, 1.165) is 11.3 Å². The van der Waals surface area contributed by atoms with Gasteiger partial charge >= 0.3 is 0 Å². The van der Waals surface area contributed by atoms with Gasteiger partial charge in [-0.05, 0) is 24.1 Å². The lowest BCUT2D eigenvalue weighted by atomic mass is 10.0. The van der Waals surface area contributed by atoms with Crippen LogP contribution in [0.3, 0.4) is 0 Å². The van der Waals surface area contributed by atoms with Crippen LogP contribution in [0, 0.1) is 0 Å². The Balaban J connectivity index is 2.13. The van der Waals surface area contributed by atoms with E-state index in [1.165, 1.54) is 20.3 Å². The van der Waals surface area contributed by atoms with Crippen LogP contribution in [0.1, 0.15) is 22.3 Å². The second-order valence-corrected chi connectivity index (χ2v) is 5.00. The number of hydrogen-bond donors (Lipinski definition) is 1. The highest BCUT2D eigenvalue weighted by atomic mass is 16.5. The number of benzene rings is 2. The van der Waals surface area contributed by atoms with Crippen LogP contribution in [0.2, 0.25) is 0 Å². The van der Waals surface area contributed by atoms with Crippen molar-refractivity contribution in [2.24, 2.45) is 0 Å². The first kappa shape index (κ1) is 16.7. The second-order valence-electron chi connectivity index (χ2n) is 5.00. The Morgan fingerprint density at radius 2 is 1.61 bits per heavy atom. The van der Waals surface area contributed by atoms with Gasteiger partial charge in [-0.15, -0.1) is 0 Å². The lowest BCUT2D eigenvalue weighted by molar-refractivity contribution is 0.0977. The van der Waals surface area contributed by atoms with Gasteiger partial charge < -0.3 is 19.3 Å². The molecule has 0 unspecified atom stereocenters. The quantitative estimate of drug-likeness (QED) is 0.794. The lowest BCUT2D eigenvalue weighted by Crippen LogP contribution is -2.05. The third-order valence-electron chi connectivity index (χ3n) is 3.59. The SMILES string of the molecule is COc1ccc(CCC(=O)c2c(O)cc(OC)cc2OC)cc1. The minimum absolute atomic E-state index is 0.138. The molecular weight excluding hydrogens is 296 g/mol. The molecule has 23 heavy (non-hydrogen) atoms. The number of carbonyl (C=O) groups is 1. The first-order valence-electron chi connectivity index (χ1n) is 7.20. The Kier molecular flexibility index (Phi) is 5.46. The number of aryl methyl sites for hydroxylation is 1. The van der Waals surface area contributed by atoms with Gasteiger partial charge in [0.15, 0.2) is 5.78 Å². The first-order chi connectivity index (χ1) is 11.1. The summed E-state index contributed by atoms with van der Waals surface area (Å²) in [6, 6.07) is 10.5. The number of methoxy groups -OCH3 is 3. The van der Waals surface area contributed by atoms with E-state index < -0.39 is 0 Å². The Hall–Kier alpha value is -2.69. The van der Waals surface area contributed by atoms with Crippen LogP contribution in [-0.2, 0) is 6.42 Å². The molecule has 0 aromatic heterocycles. The number of phenolic OH excluding ortho intramolecular Hbond substituents is 1. The fourth-order valence-corrected chi connectivity index (χ4v) is 2.31. The maximum atomic E-state index is 12.4. The minimum Gasteiger partial charge on any atom is -0.507 e. The molecule has 122 valence electrons. The average Bonchev–Trinajstić information content (AvgIpc) is 2.59. The van der Waals surface area contributed by atoms with E-state index in [2.05, 4.69) is 0 Å². The van der Waals surface area contributed by atoms with Crippen LogP contribution in [0.5, 0.6) is 23.0 Å². The summed E-state index contributed by atoms with van der Waals surface area (Å²) in [4.78, 5) is 12.4. The Morgan fingerprint density at radius 1 is 0.957 bits per heavy atom. The lowest BCUT2D eigenvalue weighted by Gasteiger charge is -2.12. The number of ketones is 1. The number of ether oxygens (including phenoxy) is 3. The summed E-state index contributed by atoms with van der Waals surface area (Å²) in [6.07, 6.45) is 0.833. The van der Waals surface area contributed by atoms with Gasteiger partial charge in [0.2, 0.25) is 0 Å². The molecule has 0 heterocycles. The van der Waals surface area contributed by atoms with Crippen LogP contribution >= 0.6 is 0 Å². The Labute approximate surface area is 135 Å². The normalized spacial score (nSPS) is 10.2. The van der Waals surface area contributed by atoms with Crippen molar-refractivity contribution in [2.75, 3.05) is 21.3 Å². The molecule has 0 radical (unpaired) electrons. The van der Waals surface area contributed by atoms with Gasteiger partial charge in [0.1, 0.15) is 28.6 Å². The van der Waals surface area contributed by atoms with Gasteiger partial charge in [-0.25, -0.2) is 0 Å². The maximum Gasteiger partial charge on any atom is 0.170 e. The highest BCUT2D eigenvalue weighted by Gasteiger charge is 2.19. The molecule has 1 N–H and O–H groups in total. The van der Waals surface area contributed by atoms with Crippen molar-refractivity contribution < 1.29 is 24.1 Å². The summed E-state index contributed by atoms with van der Waals surface area (Å²) >= 11 is 0. The van der Waals surface area contributed by atoms with E-state index in [1.807, 2.05) is 24.3 Å². The zero-order valence-electron chi connectivity index (χ0n) is 13.5. The van der Waals surface area contributed by atoms with Gasteiger partial charge in [-0.1, -0.05) is 12.1 Å². The Morgan fingerprint density at radius 3 is 2.17 bits per heavy atom. The average molecular weight is 316 g/mol. The number of aromatic hydroxyl groups is 1. The van der Waals surface area contributed by atoms with Crippen LogP contribution in [-0.4, -0.2) is 32.2 Å². The number of Topliss-reactive ketones (excluding diaryl/α,β-unsaturated/α-hetero) is 1. The molecule has 0 aliphatic carbocycles. The number of carbonyl (C=O) groups excluding carboxylic acids is 1. The third kappa shape index (κ3) is 3.94. The smallest absolute Gasteiger partial charge is 0.170 e. The number of rotatable bonds is 7. The molecule has 0 aliphatic rings. The van der Waals surface area contributed by atoms with Crippen molar-refractivity contribution in [3.8, 4) is 23.0 Å². The summed E-state index contributed by atoms with van der Waals surface area (Å²) in [5.74, 6) is 1.20. The van der Waals surface area contributed by atoms with Gasteiger partial charge in [0.05, 0.1) is 21.3 Å². The number of phenols is 1. The van der Waals surface area contributed by atoms with Crippen LogP contribution in [0.4, 0.5) is 0 Å². The molecule has 0 fully saturated rings. The summed E-state index contributed by atoms with van der Waals surface area (Å²) in [6.45, 7) is 0. The second kappa shape index (κ2) is 7.54. The van der Waals surface area contributed by atoms with Crippen molar-refractivity contribution in [3.05, 3.63) is 47.5 Å². The molecule has 2 rings (SSSR count). The molecule has 0 aliphatic heterocycles. The van der Waals surface area contributed by atoms with Gasteiger partial charge in [-0.2, -0.15) is 0 Å². The molecule has 0 spiro atoms. The van der Waals surface area contributed by atoms with Crippen LogP contribution in [0.25, 0.3) is 0 Å². The molecule has 2 aromatic rings. The molecule has 5 heteroatoms. The fourth-order valence-electron chi connectivity index (χ4n) is 2.31. The van der Waals surface area contributed by atoms with Crippen molar-refractivity contribution in [2.45, 2.75) is 12.8 Å². The van der Waals surface area contributed by atoms with E-state index in [4.69, 9.17) is 14.2 Å². The predicted octanol–water partition coefficient (Wildman–Crippen LogP) is 3.23. The molecular formula is C18H20O5. The highest BCUT2D eigenvalue weighted by Crippen LogP contribution is 2.34. The molecule has 0 saturated heterocycles. The molecule has 2 aromatic carbocycles. The number of hydrogen-bond acceptors (Lipinski definition) is 5. The van der Waals surface area contributed by atoms with Crippen molar-refractivity contribution in [1.82, 2.24) is 0 Å². The predicted molar refractivity (Wildman–Crippen MR) is 86.9 cm³/mol. The Bertz CT molecular complexity index is 677. The van der Waals surface area contributed by atoms with E-state index in [9.17, 15) is 9.90 Å². The molecule has 0 amide bonds. The molecule has 0 saturated carbocycles. The van der Waals surface area contributed by atoms with Crippen LogP contribution < -0.4 is 14.2 Å². The van der Waals surface area contributed by atoms with E-state index in [0.29, 0.717) is 17.9 Å². The summed E-state index contributed by atoms with van der Waals surface area (Å²) in [5, 5.41) is 10.1. The zero-order valence-corrected chi connectivity index (χ0v) is 13.5. The zero-order chi connectivity index (χ0) is 16.8. The van der Waals surface area contributed by atoms with E-state index >= 15 is 0 Å². The molecule has 5 nitrogen and oxygen atoms in total. The van der Waals surface area contributed by atoms with Crippen LogP contribution in [0.15, 0.2) is 36.4 Å². The summed E-state index contributed by atoms with van der Waals surface area (Å²) < 4.78 is 15.4. The van der Waals surface area contributed by atoms with Gasteiger partial charge in [0, 0.05) is 18.6 Å². The van der Waals surface area contributed by atoms with E-state index in [-0.39, 0.29) is 23.5 Å². The van der Waals surface area contributed by atoms with Crippen molar-refractivity contribution in [3.63, 3.8) is 0 Å². The molecule has 0 atom stereocenters. The highest BCUT2D eigenvalue weighted by molar-refractivity contribution is 6.01. The minimum atomic E-state index is -0.183. The monoisotopic (exact) mass is 316 g/mol. The third-order valence-corrected chi connectivity index (χ3v) is 3.59. The fraction of sp³-hybridized carbons (Fsp3) is 0.278. The van der Waals surface area contributed by atoms with Gasteiger partial charge in [-0.3, -0.25) is 4.79 Å². The standard InChI is InChI=1S/C18H20O5/c1-21-13-7-4-12(5-8-13)6-9-15(19)18-16(20)10-14(22-2)11-17(18)23-3/h4-5,7-8,10-11,20H,6,9H2,1-3H3.